The molecule has 0 spiro atoms. The van der Waals surface area contributed by atoms with E-state index in [0.717, 1.165) is 17.1 Å². The van der Waals surface area contributed by atoms with Crippen molar-refractivity contribution in [1.29, 1.82) is 0 Å². The van der Waals surface area contributed by atoms with Gasteiger partial charge >= 0.3 is 6.09 Å². The second-order valence-electron chi connectivity index (χ2n) is 4.62. The van der Waals surface area contributed by atoms with Crippen LogP contribution in [-0.2, 0) is 4.74 Å². The Morgan fingerprint density at radius 2 is 2.00 bits per heavy atom. The van der Waals surface area contributed by atoms with Crippen LogP contribution in [0.2, 0.25) is 0 Å². The van der Waals surface area contributed by atoms with Gasteiger partial charge < -0.3 is 9.64 Å². The number of thioether (sulfide) groups is 1. The van der Waals surface area contributed by atoms with Gasteiger partial charge in [-0.3, -0.25) is 0 Å². The van der Waals surface area contributed by atoms with Gasteiger partial charge in [-0.05, 0) is 37.9 Å². The maximum absolute atomic E-state index is 11.6. The van der Waals surface area contributed by atoms with Crippen molar-refractivity contribution in [3.63, 3.8) is 0 Å². The van der Waals surface area contributed by atoms with E-state index in [1.807, 2.05) is 20.8 Å². The Morgan fingerprint density at radius 1 is 1.44 bits per heavy atom. The molecular weight excluding hydrogens is 222 g/mol. The lowest BCUT2D eigenvalue weighted by atomic mass is 10.2. The third-order valence-corrected chi connectivity index (χ3v) is 2.68. The van der Waals surface area contributed by atoms with Gasteiger partial charge in [0, 0.05) is 13.6 Å². The van der Waals surface area contributed by atoms with Gasteiger partial charge in [0.15, 0.2) is 0 Å². The summed E-state index contributed by atoms with van der Waals surface area (Å²) in [5.41, 5.74) is -0.430. The van der Waals surface area contributed by atoms with E-state index in [4.69, 9.17) is 4.74 Å². The topological polar surface area (TPSA) is 29.5 Å². The number of nitrogens with zero attached hydrogens (tertiary/aromatic N) is 1. The Balaban J connectivity index is 3.93. The monoisotopic (exact) mass is 245 g/mol. The molecule has 0 aliphatic rings. The molecule has 0 aliphatic heterocycles. The summed E-state index contributed by atoms with van der Waals surface area (Å²) in [6.07, 6.45) is 0.538. The molecule has 0 radical (unpaired) electrons. The molecule has 3 nitrogen and oxygen atoms in total. The predicted molar refractivity (Wildman–Crippen MR) is 70.8 cm³/mol. The average Bonchev–Trinajstić information content (AvgIpc) is 2.11. The fraction of sp³-hybridized carbons (Fsp3) is 0.750. The minimum atomic E-state index is -0.430. The quantitative estimate of drug-likeness (QED) is 0.742. The molecule has 94 valence electrons. The summed E-state index contributed by atoms with van der Waals surface area (Å²) in [7, 11) is 1.75. The van der Waals surface area contributed by atoms with E-state index in [1.165, 1.54) is 0 Å². The lowest BCUT2D eigenvalue weighted by Crippen LogP contribution is -2.34. The van der Waals surface area contributed by atoms with Crippen LogP contribution in [0.25, 0.3) is 0 Å². The fourth-order valence-corrected chi connectivity index (χ4v) is 1.64. The first-order valence-electron chi connectivity index (χ1n) is 5.51. The lowest BCUT2D eigenvalue weighted by molar-refractivity contribution is 0.0301. The molecule has 1 amide bonds. The standard InChI is InChI=1S/C12H23NO2S/c1-7-16-10(2)8-9-13(6)11(14)15-12(3,4)5/h2,7-9H2,1,3-6H3. The number of amides is 1. The molecule has 16 heavy (non-hydrogen) atoms. The Kier molecular flexibility index (Phi) is 6.56. The Labute approximate surface area is 103 Å². The van der Waals surface area contributed by atoms with Crippen LogP contribution in [0.5, 0.6) is 0 Å². The van der Waals surface area contributed by atoms with E-state index in [1.54, 1.807) is 23.7 Å². The molecule has 4 heteroatoms. The normalized spacial score (nSPS) is 11.1. The third kappa shape index (κ3) is 7.63. The van der Waals surface area contributed by atoms with Crippen molar-refractivity contribution in [3.8, 4) is 0 Å². The fourth-order valence-electron chi connectivity index (χ4n) is 1.000. The molecule has 0 saturated carbocycles. The molecule has 0 aromatic heterocycles. The highest BCUT2D eigenvalue weighted by atomic mass is 32.2. The molecule has 0 bridgehead atoms. The number of hydrogen-bond acceptors (Lipinski definition) is 3. The van der Waals surface area contributed by atoms with E-state index < -0.39 is 5.60 Å². The van der Waals surface area contributed by atoms with E-state index in [-0.39, 0.29) is 6.09 Å². The van der Waals surface area contributed by atoms with Gasteiger partial charge in [0.1, 0.15) is 5.60 Å². The third-order valence-electron chi connectivity index (χ3n) is 1.78. The van der Waals surface area contributed by atoms with E-state index >= 15 is 0 Å². The number of carbonyl (C=O) groups excluding carboxylic acids is 1. The largest absolute Gasteiger partial charge is 0.444 e. The van der Waals surface area contributed by atoms with Gasteiger partial charge in [0.05, 0.1) is 0 Å². The summed E-state index contributed by atoms with van der Waals surface area (Å²) in [5.74, 6) is 1.02. The van der Waals surface area contributed by atoms with Crippen molar-refractivity contribution < 1.29 is 9.53 Å². The summed E-state index contributed by atoms with van der Waals surface area (Å²) in [5, 5.41) is 0. The van der Waals surface area contributed by atoms with E-state index in [9.17, 15) is 4.79 Å². The van der Waals surface area contributed by atoms with Crippen molar-refractivity contribution in [2.24, 2.45) is 0 Å². The predicted octanol–water partition coefficient (Wildman–Crippen LogP) is 3.51. The zero-order chi connectivity index (χ0) is 12.8. The van der Waals surface area contributed by atoms with Gasteiger partial charge in [-0.2, -0.15) is 0 Å². The van der Waals surface area contributed by atoms with Crippen LogP contribution in [0.1, 0.15) is 34.1 Å². The van der Waals surface area contributed by atoms with Crippen LogP contribution < -0.4 is 0 Å². The Morgan fingerprint density at radius 3 is 2.44 bits per heavy atom. The molecule has 0 aromatic rings. The van der Waals surface area contributed by atoms with Gasteiger partial charge in [-0.1, -0.05) is 13.5 Å². The lowest BCUT2D eigenvalue weighted by Gasteiger charge is -2.24. The second kappa shape index (κ2) is 6.84. The van der Waals surface area contributed by atoms with Crippen molar-refractivity contribution in [3.05, 3.63) is 11.5 Å². The molecule has 0 fully saturated rings. The van der Waals surface area contributed by atoms with Crippen LogP contribution in [0, 0.1) is 0 Å². The average molecular weight is 245 g/mol. The highest BCUT2D eigenvalue weighted by Crippen LogP contribution is 2.17. The molecular formula is C12H23NO2S. The molecule has 0 atom stereocenters. The zero-order valence-corrected chi connectivity index (χ0v) is 11.8. The molecule has 0 heterocycles. The summed E-state index contributed by atoms with van der Waals surface area (Å²) in [4.78, 5) is 14.3. The highest BCUT2D eigenvalue weighted by molar-refractivity contribution is 8.03. The molecule has 0 N–H and O–H groups in total. The Bertz CT molecular complexity index is 246. The molecule has 0 aromatic carbocycles. The molecule has 0 unspecified atom stereocenters. The van der Waals surface area contributed by atoms with Crippen LogP contribution in [0.15, 0.2) is 11.5 Å². The maximum atomic E-state index is 11.6. The van der Waals surface area contributed by atoms with Crippen molar-refractivity contribution >= 4 is 17.9 Å². The van der Waals surface area contributed by atoms with Crippen LogP contribution in [0.4, 0.5) is 4.79 Å². The highest BCUT2D eigenvalue weighted by Gasteiger charge is 2.19. The van der Waals surface area contributed by atoms with Gasteiger partial charge in [-0.15, -0.1) is 11.8 Å². The first-order chi connectivity index (χ1) is 7.26. The SMILES string of the molecule is C=C(CCN(C)C(=O)OC(C)(C)C)SCC. The van der Waals surface area contributed by atoms with E-state index in [2.05, 4.69) is 13.5 Å². The number of ether oxygens (including phenoxy) is 1. The summed E-state index contributed by atoms with van der Waals surface area (Å²) < 4.78 is 5.24. The molecule has 0 saturated heterocycles. The van der Waals surface area contributed by atoms with Crippen LogP contribution >= 0.6 is 11.8 Å². The second-order valence-corrected chi connectivity index (χ2v) is 6.07. The van der Waals surface area contributed by atoms with Crippen molar-refractivity contribution in [2.45, 2.75) is 39.7 Å². The smallest absolute Gasteiger partial charge is 0.410 e. The first kappa shape index (κ1) is 15.4. The van der Waals surface area contributed by atoms with E-state index in [0.29, 0.717) is 6.54 Å². The number of hydrogen-bond donors (Lipinski definition) is 0. The van der Waals surface area contributed by atoms with Crippen LogP contribution in [-0.4, -0.2) is 35.9 Å². The number of rotatable bonds is 5. The van der Waals surface area contributed by atoms with Crippen LogP contribution in [0.3, 0.4) is 0 Å². The number of carbonyl (C=O) groups is 1. The summed E-state index contributed by atoms with van der Waals surface area (Å²) >= 11 is 1.72. The molecule has 0 rings (SSSR count). The molecule has 0 aliphatic carbocycles. The summed E-state index contributed by atoms with van der Waals surface area (Å²) in [6.45, 7) is 12.3. The minimum Gasteiger partial charge on any atom is -0.444 e. The maximum Gasteiger partial charge on any atom is 0.410 e. The first-order valence-corrected chi connectivity index (χ1v) is 6.49. The van der Waals surface area contributed by atoms with Gasteiger partial charge in [0.2, 0.25) is 0 Å². The Hall–Kier alpha value is -0.640. The minimum absolute atomic E-state index is 0.276. The van der Waals surface area contributed by atoms with Gasteiger partial charge in [-0.25, -0.2) is 4.79 Å². The zero-order valence-electron chi connectivity index (χ0n) is 11.0. The van der Waals surface area contributed by atoms with Crippen molar-refractivity contribution in [2.75, 3.05) is 19.3 Å². The van der Waals surface area contributed by atoms with Crippen molar-refractivity contribution in [1.82, 2.24) is 4.90 Å². The van der Waals surface area contributed by atoms with Gasteiger partial charge in [0.25, 0.3) is 0 Å². The summed E-state index contributed by atoms with van der Waals surface area (Å²) in [6, 6.07) is 0.